The normalized spacial score (nSPS) is 13.9. The van der Waals surface area contributed by atoms with Gasteiger partial charge in [-0.2, -0.15) is 0 Å². The lowest BCUT2D eigenvalue weighted by molar-refractivity contribution is -0.270. The van der Waals surface area contributed by atoms with Gasteiger partial charge in [0.1, 0.15) is 6.10 Å². The van der Waals surface area contributed by atoms with Crippen molar-refractivity contribution >= 4 is 0 Å². The molecule has 0 aliphatic carbocycles. The van der Waals surface area contributed by atoms with E-state index in [1.54, 1.807) is 21.3 Å². The first-order chi connectivity index (χ1) is 7.21. The van der Waals surface area contributed by atoms with Gasteiger partial charge in [-0.15, -0.1) is 0 Å². The summed E-state index contributed by atoms with van der Waals surface area (Å²) in [7, 11) is 4.87. The van der Waals surface area contributed by atoms with Gasteiger partial charge in [-0.3, -0.25) is 0 Å². The van der Waals surface area contributed by atoms with Crippen molar-refractivity contribution in [2.45, 2.75) is 18.8 Å². The highest BCUT2D eigenvalue weighted by Crippen LogP contribution is 2.31. The first-order valence-corrected chi connectivity index (χ1v) is 4.90. The van der Waals surface area contributed by atoms with Gasteiger partial charge in [-0.1, -0.05) is 30.3 Å². The third kappa shape index (κ3) is 2.20. The van der Waals surface area contributed by atoms with Gasteiger partial charge < -0.3 is 14.2 Å². The molecule has 1 atom stereocenters. The number of benzene rings is 1. The minimum Gasteiger partial charge on any atom is -0.376 e. The predicted molar refractivity (Wildman–Crippen MR) is 58.6 cm³/mol. The maximum absolute atomic E-state index is 5.48. The van der Waals surface area contributed by atoms with Crippen LogP contribution >= 0.6 is 0 Å². The number of hydrogen-bond acceptors (Lipinski definition) is 3. The lowest BCUT2D eigenvalue weighted by Gasteiger charge is -2.35. The molecule has 3 nitrogen and oxygen atoms in total. The summed E-state index contributed by atoms with van der Waals surface area (Å²) in [5.74, 6) is -0.837. The van der Waals surface area contributed by atoms with Crippen molar-refractivity contribution in [2.24, 2.45) is 0 Å². The van der Waals surface area contributed by atoms with Gasteiger partial charge in [0.2, 0.25) is 5.79 Å². The number of methoxy groups -OCH3 is 3. The summed E-state index contributed by atoms with van der Waals surface area (Å²) < 4.78 is 16.3. The summed E-state index contributed by atoms with van der Waals surface area (Å²) in [6.07, 6.45) is -0.185. The molecule has 0 fully saturated rings. The Morgan fingerprint density at radius 1 is 1.00 bits per heavy atom. The van der Waals surface area contributed by atoms with Crippen LogP contribution in [0, 0.1) is 0 Å². The highest BCUT2D eigenvalue weighted by molar-refractivity contribution is 5.21. The maximum atomic E-state index is 5.48. The minimum atomic E-state index is -0.837. The molecular weight excluding hydrogens is 192 g/mol. The second kappa shape index (κ2) is 5.26. The summed E-state index contributed by atoms with van der Waals surface area (Å²) in [5.41, 5.74) is 0.948. The van der Waals surface area contributed by atoms with Crippen molar-refractivity contribution < 1.29 is 14.2 Å². The van der Waals surface area contributed by atoms with Gasteiger partial charge in [-0.05, 0) is 6.92 Å². The van der Waals surface area contributed by atoms with E-state index in [0.717, 1.165) is 5.56 Å². The van der Waals surface area contributed by atoms with E-state index in [2.05, 4.69) is 0 Å². The zero-order valence-corrected chi connectivity index (χ0v) is 9.69. The van der Waals surface area contributed by atoms with Crippen LogP contribution in [-0.4, -0.2) is 27.4 Å². The van der Waals surface area contributed by atoms with Crippen molar-refractivity contribution in [1.29, 1.82) is 0 Å². The Morgan fingerprint density at radius 2 is 1.53 bits per heavy atom. The van der Waals surface area contributed by atoms with Crippen LogP contribution in [0.3, 0.4) is 0 Å². The average molecular weight is 210 g/mol. The monoisotopic (exact) mass is 210 g/mol. The lowest BCUT2D eigenvalue weighted by Crippen LogP contribution is -2.42. The van der Waals surface area contributed by atoms with Crippen LogP contribution in [0.25, 0.3) is 0 Å². The molecule has 0 bridgehead atoms. The molecule has 0 aromatic heterocycles. The van der Waals surface area contributed by atoms with Gasteiger partial charge in [0.15, 0.2) is 0 Å². The van der Waals surface area contributed by atoms with Crippen LogP contribution in [0.5, 0.6) is 0 Å². The van der Waals surface area contributed by atoms with Crippen LogP contribution in [0.2, 0.25) is 0 Å². The van der Waals surface area contributed by atoms with E-state index < -0.39 is 5.79 Å². The SMILES string of the molecule is COC(C)C(OC)(OC)c1ccccc1. The van der Waals surface area contributed by atoms with Crippen molar-refractivity contribution in [3.8, 4) is 0 Å². The van der Waals surface area contributed by atoms with Gasteiger partial charge in [0.05, 0.1) is 0 Å². The van der Waals surface area contributed by atoms with Gasteiger partial charge in [0.25, 0.3) is 0 Å². The summed E-state index contributed by atoms with van der Waals surface area (Å²) in [5, 5.41) is 0. The molecule has 0 N–H and O–H groups in total. The molecule has 84 valence electrons. The van der Waals surface area contributed by atoms with Gasteiger partial charge in [0, 0.05) is 26.9 Å². The fourth-order valence-corrected chi connectivity index (χ4v) is 1.71. The highest BCUT2D eigenvalue weighted by atomic mass is 16.7. The van der Waals surface area contributed by atoms with Crippen LogP contribution in [0.15, 0.2) is 30.3 Å². The largest absolute Gasteiger partial charge is 0.376 e. The molecule has 0 spiro atoms. The summed E-state index contributed by atoms with van der Waals surface area (Å²) in [4.78, 5) is 0. The fraction of sp³-hybridized carbons (Fsp3) is 0.500. The van der Waals surface area contributed by atoms with Crippen LogP contribution in [0.4, 0.5) is 0 Å². The molecule has 15 heavy (non-hydrogen) atoms. The third-order valence-corrected chi connectivity index (χ3v) is 2.67. The van der Waals surface area contributed by atoms with Gasteiger partial charge >= 0.3 is 0 Å². The van der Waals surface area contributed by atoms with E-state index in [9.17, 15) is 0 Å². The van der Waals surface area contributed by atoms with E-state index >= 15 is 0 Å². The molecule has 0 saturated heterocycles. The Balaban J connectivity index is 3.11. The summed E-state index contributed by atoms with van der Waals surface area (Å²) >= 11 is 0. The van der Waals surface area contributed by atoms with Gasteiger partial charge in [-0.25, -0.2) is 0 Å². The molecule has 1 rings (SSSR count). The fourth-order valence-electron chi connectivity index (χ4n) is 1.71. The topological polar surface area (TPSA) is 27.7 Å². The minimum absolute atomic E-state index is 0.185. The second-order valence-corrected chi connectivity index (χ2v) is 3.32. The lowest BCUT2D eigenvalue weighted by atomic mass is 10.0. The van der Waals surface area contributed by atoms with E-state index in [4.69, 9.17) is 14.2 Å². The quantitative estimate of drug-likeness (QED) is 0.697. The van der Waals surface area contributed by atoms with E-state index in [1.807, 2.05) is 37.3 Å². The standard InChI is InChI=1S/C12H18O3/c1-10(13-2)12(14-3,15-4)11-8-6-5-7-9-11/h5-10H,1-4H3. The highest BCUT2D eigenvalue weighted by Gasteiger charge is 2.38. The van der Waals surface area contributed by atoms with Crippen molar-refractivity contribution in [1.82, 2.24) is 0 Å². The smallest absolute Gasteiger partial charge is 0.221 e. The number of rotatable bonds is 5. The Labute approximate surface area is 91.0 Å². The molecule has 1 aromatic rings. The molecule has 0 aliphatic heterocycles. The summed E-state index contributed by atoms with van der Waals surface area (Å²) in [6, 6.07) is 9.77. The molecule has 1 aromatic carbocycles. The Bertz CT molecular complexity index is 280. The molecule has 3 heteroatoms. The van der Waals surface area contributed by atoms with Crippen LogP contribution < -0.4 is 0 Å². The first-order valence-electron chi connectivity index (χ1n) is 4.90. The Morgan fingerprint density at radius 3 is 1.93 bits per heavy atom. The molecule has 0 saturated carbocycles. The summed E-state index contributed by atoms with van der Waals surface area (Å²) in [6.45, 7) is 1.92. The second-order valence-electron chi connectivity index (χ2n) is 3.32. The molecule has 0 heterocycles. The molecule has 1 unspecified atom stereocenters. The zero-order chi connectivity index (χ0) is 11.3. The number of ether oxygens (including phenoxy) is 3. The molecule has 0 amide bonds. The Kier molecular flexibility index (Phi) is 4.27. The van der Waals surface area contributed by atoms with Crippen LogP contribution in [0.1, 0.15) is 12.5 Å². The van der Waals surface area contributed by atoms with E-state index in [1.165, 1.54) is 0 Å². The average Bonchev–Trinajstić information content (AvgIpc) is 2.32. The van der Waals surface area contributed by atoms with Crippen LogP contribution in [-0.2, 0) is 20.0 Å². The molecule has 0 aliphatic rings. The number of hydrogen-bond donors (Lipinski definition) is 0. The van der Waals surface area contributed by atoms with Crippen molar-refractivity contribution in [3.05, 3.63) is 35.9 Å². The zero-order valence-electron chi connectivity index (χ0n) is 9.69. The van der Waals surface area contributed by atoms with E-state index in [0.29, 0.717) is 0 Å². The first kappa shape index (κ1) is 12.2. The predicted octanol–water partition coefficient (Wildman–Crippen LogP) is 2.17. The third-order valence-electron chi connectivity index (χ3n) is 2.67. The maximum Gasteiger partial charge on any atom is 0.221 e. The van der Waals surface area contributed by atoms with E-state index in [-0.39, 0.29) is 6.10 Å². The van der Waals surface area contributed by atoms with Crippen molar-refractivity contribution in [3.63, 3.8) is 0 Å². The molecular formula is C12H18O3. The molecule has 0 radical (unpaired) electrons. The van der Waals surface area contributed by atoms with Crippen molar-refractivity contribution in [2.75, 3.05) is 21.3 Å². The Hall–Kier alpha value is -0.900.